The molecule has 0 amide bonds. The van der Waals surface area contributed by atoms with Crippen molar-refractivity contribution in [1.82, 2.24) is 10.0 Å². The molecular formula is C15H23FN2O2S. The zero-order valence-electron chi connectivity index (χ0n) is 12.5. The molecule has 0 aromatic heterocycles. The summed E-state index contributed by atoms with van der Waals surface area (Å²) in [6.07, 6.45) is 3.24. The van der Waals surface area contributed by atoms with Gasteiger partial charge < -0.3 is 5.32 Å². The maximum absolute atomic E-state index is 14.0. The van der Waals surface area contributed by atoms with Gasteiger partial charge in [0.2, 0.25) is 10.0 Å². The molecule has 2 rings (SSSR count). The normalized spacial score (nSPS) is 16.2. The van der Waals surface area contributed by atoms with E-state index in [1.807, 2.05) is 13.8 Å². The first-order valence-electron chi connectivity index (χ1n) is 7.40. The van der Waals surface area contributed by atoms with Gasteiger partial charge in [-0.25, -0.2) is 17.5 Å². The minimum atomic E-state index is -3.76. The molecule has 0 heterocycles. The summed E-state index contributed by atoms with van der Waals surface area (Å²) in [4.78, 5) is -0.268. The van der Waals surface area contributed by atoms with E-state index in [1.165, 1.54) is 12.1 Å². The van der Waals surface area contributed by atoms with E-state index in [9.17, 15) is 12.8 Å². The Balaban J connectivity index is 2.04. The minimum Gasteiger partial charge on any atom is -0.310 e. The van der Waals surface area contributed by atoms with Gasteiger partial charge in [-0.2, -0.15) is 0 Å². The van der Waals surface area contributed by atoms with E-state index in [0.29, 0.717) is 25.0 Å². The minimum absolute atomic E-state index is 0.268. The Bertz CT molecular complexity index is 583. The van der Waals surface area contributed by atoms with E-state index >= 15 is 0 Å². The Morgan fingerprint density at radius 1 is 1.33 bits per heavy atom. The molecule has 1 aliphatic rings. The van der Waals surface area contributed by atoms with E-state index in [0.717, 1.165) is 24.8 Å². The van der Waals surface area contributed by atoms with Gasteiger partial charge >= 0.3 is 0 Å². The lowest BCUT2D eigenvalue weighted by atomic mass is 9.86. The number of sulfonamides is 1. The van der Waals surface area contributed by atoms with Gasteiger partial charge in [0.15, 0.2) is 0 Å². The van der Waals surface area contributed by atoms with Gasteiger partial charge in [0.1, 0.15) is 10.7 Å². The number of nitrogens with one attached hydrogen (secondary N) is 2. The molecule has 0 spiro atoms. The first-order valence-corrected chi connectivity index (χ1v) is 8.88. The van der Waals surface area contributed by atoms with Crippen LogP contribution in [0.2, 0.25) is 0 Å². The lowest BCUT2D eigenvalue weighted by Gasteiger charge is -2.25. The van der Waals surface area contributed by atoms with Crippen LogP contribution in [0, 0.1) is 11.7 Å². The van der Waals surface area contributed by atoms with Gasteiger partial charge in [-0.15, -0.1) is 0 Å². The van der Waals surface area contributed by atoms with Crippen LogP contribution in [0.4, 0.5) is 4.39 Å². The molecule has 6 heteroatoms. The molecule has 0 atom stereocenters. The van der Waals surface area contributed by atoms with E-state index in [-0.39, 0.29) is 4.90 Å². The molecule has 1 fully saturated rings. The third-order valence-corrected chi connectivity index (χ3v) is 5.24. The van der Waals surface area contributed by atoms with Crippen LogP contribution in [-0.2, 0) is 16.6 Å². The Morgan fingerprint density at radius 3 is 2.57 bits per heavy atom. The van der Waals surface area contributed by atoms with Gasteiger partial charge in [0.05, 0.1) is 0 Å². The van der Waals surface area contributed by atoms with Gasteiger partial charge in [-0.1, -0.05) is 26.3 Å². The predicted octanol–water partition coefficient (Wildman–Crippen LogP) is 2.40. The van der Waals surface area contributed by atoms with Crippen molar-refractivity contribution in [2.24, 2.45) is 5.92 Å². The van der Waals surface area contributed by atoms with Crippen LogP contribution in [0.5, 0.6) is 0 Å². The van der Waals surface area contributed by atoms with Gasteiger partial charge in [-0.3, -0.25) is 0 Å². The van der Waals surface area contributed by atoms with Crippen molar-refractivity contribution in [3.8, 4) is 0 Å². The molecule has 0 unspecified atom stereocenters. The van der Waals surface area contributed by atoms with Gasteiger partial charge in [-0.05, 0) is 36.5 Å². The summed E-state index contributed by atoms with van der Waals surface area (Å²) < 4.78 is 40.8. The summed E-state index contributed by atoms with van der Waals surface area (Å²) in [6.45, 7) is 4.92. The van der Waals surface area contributed by atoms with Crippen molar-refractivity contribution in [3.63, 3.8) is 0 Å². The quantitative estimate of drug-likeness (QED) is 0.812. The van der Waals surface area contributed by atoms with Gasteiger partial charge in [0.25, 0.3) is 0 Å². The molecular weight excluding hydrogens is 291 g/mol. The van der Waals surface area contributed by atoms with Crippen LogP contribution < -0.4 is 10.0 Å². The fourth-order valence-electron chi connectivity index (χ4n) is 2.20. The fraction of sp³-hybridized carbons (Fsp3) is 0.600. The summed E-state index contributed by atoms with van der Waals surface area (Å²) in [5, 5.41) is 3.17. The van der Waals surface area contributed by atoms with Crippen LogP contribution >= 0.6 is 0 Å². The van der Waals surface area contributed by atoms with E-state index in [4.69, 9.17) is 0 Å². The monoisotopic (exact) mass is 314 g/mol. The maximum Gasteiger partial charge on any atom is 0.243 e. The third kappa shape index (κ3) is 4.49. The van der Waals surface area contributed by atoms with Crippen LogP contribution in [0.3, 0.4) is 0 Å². The summed E-state index contributed by atoms with van der Waals surface area (Å²) in [5.41, 5.74) is 0.735. The molecule has 1 aromatic rings. The Labute approximate surface area is 126 Å². The highest BCUT2D eigenvalue weighted by Crippen LogP contribution is 2.26. The van der Waals surface area contributed by atoms with Crippen LogP contribution in [-0.4, -0.2) is 21.0 Å². The molecule has 1 aliphatic carbocycles. The zero-order chi connectivity index (χ0) is 15.5. The highest BCUT2D eigenvalue weighted by atomic mass is 32.2. The van der Waals surface area contributed by atoms with Gasteiger partial charge in [0, 0.05) is 19.1 Å². The summed E-state index contributed by atoms with van der Waals surface area (Å²) >= 11 is 0. The van der Waals surface area contributed by atoms with Crippen molar-refractivity contribution in [2.45, 2.75) is 50.6 Å². The number of benzene rings is 1. The summed E-state index contributed by atoms with van der Waals surface area (Å²) in [7, 11) is -3.76. The molecule has 21 heavy (non-hydrogen) atoms. The molecule has 1 aromatic carbocycles. The number of halogens is 1. The smallest absolute Gasteiger partial charge is 0.243 e. The van der Waals surface area contributed by atoms with Crippen LogP contribution in [0.25, 0.3) is 0 Å². The largest absolute Gasteiger partial charge is 0.310 e. The predicted molar refractivity (Wildman–Crippen MR) is 80.9 cm³/mol. The van der Waals surface area contributed by atoms with Crippen molar-refractivity contribution in [1.29, 1.82) is 0 Å². The number of hydrogen-bond acceptors (Lipinski definition) is 3. The second-order valence-electron chi connectivity index (χ2n) is 5.95. The van der Waals surface area contributed by atoms with E-state index in [2.05, 4.69) is 10.0 Å². The van der Waals surface area contributed by atoms with Crippen molar-refractivity contribution in [2.75, 3.05) is 6.54 Å². The Hall–Kier alpha value is -0.980. The lowest BCUT2D eigenvalue weighted by molar-refractivity contribution is 0.316. The maximum atomic E-state index is 14.0. The molecule has 0 radical (unpaired) electrons. The van der Waals surface area contributed by atoms with Crippen molar-refractivity contribution >= 4 is 10.0 Å². The number of rotatable bonds is 7. The van der Waals surface area contributed by atoms with E-state index in [1.54, 1.807) is 6.07 Å². The Morgan fingerprint density at radius 2 is 2.05 bits per heavy atom. The van der Waals surface area contributed by atoms with Crippen LogP contribution in [0.15, 0.2) is 23.1 Å². The Kier molecular flexibility index (Phi) is 5.35. The molecule has 0 bridgehead atoms. The molecule has 2 N–H and O–H groups in total. The topological polar surface area (TPSA) is 58.2 Å². The molecule has 0 saturated heterocycles. The van der Waals surface area contributed by atoms with Crippen molar-refractivity contribution < 1.29 is 12.8 Å². The molecule has 1 saturated carbocycles. The molecule has 0 aliphatic heterocycles. The lowest BCUT2D eigenvalue weighted by Crippen LogP contribution is -2.32. The second kappa shape index (κ2) is 6.85. The standard InChI is InChI=1S/C15H23FN2O2S/c1-11(2)17-9-13-6-7-15(14(16)8-13)21(19,20)18-10-12-4-3-5-12/h6-8,11-12,17-18H,3-5,9-10H2,1-2H3. The summed E-state index contributed by atoms with van der Waals surface area (Å²) in [6, 6.07) is 4.57. The SMILES string of the molecule is CC(C)NCc1ccc(S(=O)(=O)NCC2CCC2)c(F)c1. The molecule has 4 nitrogen and oxygen atoms in total. The third-order valence-electron chi connectivity index (χ3n) is 3.79. The molecule has 118 valence electrons. The van der Waals surface area contributed by atoms with Crippen LogP contribution in [0.1, 0.15) is 38.7 Å². The highest BCUT2D eigenvalue weighted by molar-refractivity contribution is 7.89. The second-order valence-corrected chi connectivity index (χ2v) is 7.68. The fourth-order valence-corrected chi connectivity index (χ4v) is 3.37. The average Bonchev–Trinajstić information content (AvgIpc) is 2.34. The first-order chi connectivity index (χ1) is 9.88. The number of hydrogen-bond donors (Lipinski definition) is 2. The zero-order valence-corrected chi connectivity index (χ0v) is 13.3. The van der Waals surface area contributed by atoms with Crippen molar-refractivity contribution in [3.05, 3.63) is 29.6 Å². The van der Waals surface area contributed by atoms with E-state index < -0.39 is 15.8 Å². The summed E-state index contributed by atoms with van der Waals surface area (Å²) in [5.74, 6) is -0.295. The average molecular weight is 314 g/mol. The first kappa shape index (κ1) is 16.4. The highest BCUT2D eigenvalue weighted by Gasteiger charge is 2.23.